The molecular formula is C17H23BrFNO5. The fourth-order valence-electron chi connectivity index (χ4n) is 1.86. The van der Waals surface area contributed by atoms with Gasteiger partial charge in [0.2, 0.25) is 0 Å². The van der Waals surface area contributed by atoms with Crippen LogP contribution in [0.15, 0.2) is 16.6 Å². The first-order chi connectivity index (χ1) is 11.5. The van der Waals surface area contributed by atoms with E-state index in [2.05, 4.69) is 21.2 Å². The number of carbonyl (C=O) groups is 2. The number of aromatic carboxylic acids is 1. The van der Waals surface area contributed by atoms with Crippen molar-refractivity contribution in [3.8, 4) is 5.75 Å². The quantitative estimate of drug-likeness (QED) is 0.690. The topological polar surface area (TPSA) is 84.9 Å². The standard InChI is InChI=1S/C17H23BrFNO5/c1-10(9-20-16(23)25-17(2,3)4)5-6-24-14-8-13(19)12(18)7-11(14)15(21)22/h7-8,10H,5-6,9H2,1-4H3,(H,20,23)(H,21,22). The largest absolute Gasteiger partial charge is 0.493 e. The molecule has 1 aromatic rings. The number of rotatable bonds is 7. The summed E-state index contributed by atoms with van der Waals surface area (Å²) >= 11 is 2.95. The number of carboxylic acid groups (broad SMARTS) is 1. The smallest absolute Gasteiger partial charge is 0.407 e. The number of benzene rings is 1. The van der Waals surface area contributed by atoms with Crippen LogP contribution in [-0.4, -0.2) is 35.9 Å². The molecule has 1 atom stereocenters. The molecule has 0 heterocycles. The van der Waals surface area contributed by atoms with E-state index in [4.69, 9.17) is 14.6 Å². The zero-order valence-corrected chi connectivity index (χ0v) is 16.3. The van der Waals surface area contributed by atoms with Gasteiger partial charge in [-0.25, -0.2) is 14.0 Å². The van der Waals surface area contributed by atoms with Crippen molar-refractivity contribution in [1.82, 2.24) is 5.32 Å². The molecule has 0 saturated carbocycles. The lowest BCUT2D eigenvalue weighted by molar-refractivity contribution is 0.0517. The Labute approximate surface area is 154 Å². The number of amides is 1. The summed E-state index contributed by atoms with van der Waals surface area (Å²) in [7, 11) is 0. The second-order valence-electron chi connectivity index (χ2n) is 6.69. The summed E-state index contributed by atoms with van der Waals surface area (Å²) in [5, 5.41) is 11.8. The molecule has 0 bridgehead atoms. The monoisotopic (exact) mass is 419 g/mol. The minimum Gasteiger partial charge on any atom is -0.493 e. The van der Waals surface area contributed by atoms with Crippen LogP contribution in [0.3, 0.4) is 0 Å². The molecule has 1 amide bonds. The normalized spacial score (nSPS) is 12.4. The van der Waals surface area contributed by atoms with Gasteiger partial charge in [0.15, 0.2) is 0 Å². The van der Waals surface area contributed by atoms with E-state index in [0.29, 0.717) is 13.0 Å². The molecule has 0 radical (unpaired) electrons. The summed E-state index contributed by atoms with van der Waals surface area (Å²) in [5.41, 5.74) is -0.678. The molecule has 0 aliphatic heterocycles. The number of halogens is 2. The second-order valence-corrected chi connectivity index (χ2v) is 7.55. The number of ether oxygens (including phenoxy) is 2. The van der Waals surface area contributed by atoms with Gasteiger partial charge in [-0.1, -0.05) is 6.92 Å². The van der Waals surface area contributed by atoms with Gasteiger partial charge >= 0.3 is 12.1 Å². The van der Waals surface area contributed by atoms with Gasteiger partial charge in [-0.3, -0.25) is 0 Å². The molecule has 25 heavy (non-hydrogen) atoms. The van der Waals surface area contributed by atoms with Crippen LogP contribution < -0.4 is 10.1 Å². The lowest BCUT2D eigenvalue weighted by Crippen LogP contribution is -2.35. The maximum Gasteiger partial charge on any atom is 0.407 e. The Balaban J connectivity index is 2.48. The van der Waals surface area contributed by atoms with E-state index in [-0.39, 0.29) is 28.3 Å². The SMILES string of the molecule is CC(CCOc1cc(F)c(Br)cc1C(=O)O)CNC(=O)OC(C)(C)C. The van der Waals surface area contributed by atoms with Crippen molar-refractivity contribution in [3.63, 3.8) is 0 Å². The fraction of sp³-hybridized carbons (Fsp3) is 0.529. The van der Waals surface area contributed by atoms with Gasteiger partial charge in [0.25, 0.3) is 0 Å². The summed E-state index contributed by atoms with van der Waals surface area (Å²) in [6, 6.07) is 2.21. The number of alkyl carbamates (subject to hydrolysis) is 1. The first-order valence-electron chi connectivity index (χ1n) is 7.81. The predicted octanol–water partition coefficient (Wildman–Crippen LogP) is 4.22. The van der Waals surface area contributed by atoms with Crippen LogP contribution in [0.1, 0.15) is 44.5 Å². The molecule has 0 spiro atoms. The van der Waals surface area contributed by atoms with E-state index in [1.165, 1.54) is 6.07 Å². The predicted molar refractivity (Wildman–Crippen MR) is 94.6 cm³/mol. The maximum absolute atomic E-state index is 13.6. The molecule has 1 rings (SSSR count). The summed E-state index contributed by atoms with van der Waals surface area (Å²) in [4.78, 5) is 22.8. The highest BCUT2D eigenvalue weighted by Crippen LogP contribution is 2.27. The molecule has 0 saturated heterocycles. The average molecular weight is 420 g/mol. The van der Waals surface area contributed by atoms with E-state index < -0.39 is 23.5 Å². The molecule has 0 aromatic heterocycles. The minimum atomic E-state index is -1.20. The molecule has 1 unspecified atom stereocenters. The summed E-state index contributed by atoms with van der Waals surface area (Å²) in [6.45, 7) is 7.82. The van der Waals surface area contributed by atoms with E-state index in [9.17, 15) is 14.0 Å². The van der Waals surface area contributed by atoms with Crippen molar-refractivity contribution in [2.45, 2.75) is 39.7 Å². The van der Waals surface area contributed by atoms with Crippen LogP contribution in [0.2, 0.25) is 0 Å². The number of carbonyl (C=O) groups excluding carboxylic acids is 1. The summed E-state index contributed by atoms with van der Waals surface area (Å²) in [6.07, 6.45) is 0.0513. The van der Waals surface area contributed by atoms with Crippen molar-refractivity contribution in [1.29, 1.82) is 0 Å². The molecule has 0 fully saturated rings. The van der Waals surface area contributed by atoms with Gasteiger partial charge < -0.3 is 19.9 Å². The van der Waals surface area contributed by atoms with Crippen LogP contribution in [0.25, 0.3) is 0 Å². The highest BCUT2D eigenvalue weighted by atomic mass is 79.9. The van der Waals surface area contributed by atoms with Crippen molar-refractivity contribution in [3.05, 3.63) is 28.0 Å². The van der Waals surface area contributed by atoms with Crippen LogP contribution >= 0.6 is 15.9 Å². The van der Waals surface area contributed by atoms with Gasteiger partial charge in [-0.15, -0.1) is 0 Å². The maximum atomic E-state index is 13.6. The van der Waals surface area contributed by atoms with E-state index >= 15 is 0 Å². The third-order valence-electron chi connectivity index (χ3n) is 3.11. The van der Waals surface area contributed by atoms with Crippen molar-refractivity contribution >= 4 is 28.0 Å². The molecular weight excluding hydrogens is 397 g/mol. The summed E-state index contributed by atoms with van der Waals surface area (Å²) in [5.74, 6) is -1.75. The molecule has 8 heteroatoms. The van der Waals surface area contributed by atoms with Gasteiger partial charge in [-0.05, 0) is 55.1 Å². The summed E-state index contributed by atoms with van der Waals surface area (Å²) < 4.78 is 24.2. The zero-order valence-electron chi connectivity index (χ0n) is 14.7. The lowest BCUT2D eigenvalue weighted by Gasteiger charge is -2.21. The van der Waals surface area contributed by atoms with Crippen molar-refractivity contribution in [2.24, 2.45) is 5.92 Å². The van der Waals surface area contributed by atoms with Crippen LogP contribution in [-0.2, 0) is 4.74 Å². The minimum absolute atomic E-state index is 0.0273. The number of nitrogens with one attached hydrogen (secondary N) is 1. The van der Waals surface area contributed by atoms with E-state index in [1.807, 2.05) is 6.92 Å². The Morgan fingerprint density at radius 1 is 1.36 bits per heavy atom. The van der Waals surface area contributed by atoms with E-state index in [1.54, 1.807) is 20.8 Å². The molecule has 6 nitrogen and oxygen atoms in total. The zero-order chi connectivity index (χ0) is 19.2. The Morgan fingerprint density at radius 2 is 2.00 bits per heavy atom. The van der Waals surface area contributed by atoms with Crippen LogP contribution in [0.5, 0.6) is 5.75 Å². The molecule has 1 aromatic carbocycles. The van der Waals surface area contributed by atoms with Gasteiger partial charge in [-0.2, -0.15) is 0 Å². The van der Waals surface area contributed by atoms with E-state index in [0.717, 1.165) is 6.07 Å². The Hall–Kier alpha value is -1.83. The third-order valence-corrected chi connectivity index (χ3v) is 3.72. The number of hydrogen-bond donors (Lipinski definition) is 2. The highest BCUT2D eigenvalue weighted by molar-refractivity contribution is 9.10. The average Bonchev–Trinajstić information content (AvgIpc) is 2.46. The fourth-order valence-corrected chi connectivity index (χ4v) is 2.20. The Morgan fingerprint density at radius 3 is 2.56 bits per heavy atom. The third kappa shape index (κ3) is 7.72. The molecule has 2 N–H and O–H groups in total. The second kappa shape index (κ2) is 9.03. The van der Waals surface area contributed by atoms with Crippen molar-refractivity contribution in [2.75, 3.05) is 13.2 Å². The van der Waals surface area contributed by atoms with Gasteiger partial charge in [0, 0.05) is 12.6 Å². The first kappa shape index (κ1) is 21.2. The van der Waals surface area contributed by atoms with Crippen molar-refractivity contribution < 1.29 is 28.6 Å². The lowest BCUT2D eigenvalue weighted by atomic mass is 10.1. The van der Waals surface area contributed by atoms with Crippen LogP contribution in [0, 0.1) is 11.7 Å². The first-order valence-corrected chi connectivity index (χ1v) is 8.61. The van der Waals surface area contributed by atoms with Gasteiger partial charge in [0.05, 0.1) is 11.1 Å². The highest BCUT2D eigenvalue weighted by Gasteiger charge is 2.17. The number of hydrogen-bond acceptors (Lipinski definition) is 4. The Bertz CT molecular complexity index is 630. The number of carboxylic acids is 1. The molecule has 0 aliphatic carbocycles. The molecule has 0 aliphatic rings. The Kier molecular flexibility index (Phi) is 7.66. The van der Waals surface area contributed by atoms with Crippen LogP contribution in [0.4, 0.5) is 9.18 Å². The molecule has 140 valence electrons. The van der Waals surface area contributed by atoms with Gasteiger partial charge in [0.1, 0.15) is 22.7 Å².